The van der Waals surface area contributed by atoms with Crippen molar-refractivity contribution in [1.82, 2.24) is 0 Å². The van der Waals surface area contributed by atoms with Gasteiger partial charge in [0, 0.05) is 0 Å². The summed E-state index contributed by atoms with van der Waals surface area (Å²) < 4.78 is 14.9. The monoisotopic (exact) mass is 248 g/mol. The van der Waals surface area contributed by atoms with Crippen LogP contribution in [0, 0.1) is 0 Å². The molecule has 0 saturated carbocycles. The van der Waals surface area contributed by atoms with Crippen LogP contribution in [0.4, 0.5) is 0 Å². The van der Waals surface area contributed by atoms with Gasteiger partial charge in [0.05, 0.1) is 7.11 Å². The van der Waals surface area contributed by atoms with E-state index in [-0.39, 0.29) is 18.1 Å². The molecule has 0 N–H and O–H groups in total. The summed E-state index contributed by atoms with van der Waals surface area (Å²) in [4.78, 5) is 22.8. The predicted molar refractivity (Wildman–Crippen MR) is 63.2 cm³/mol. The summed E-state index contributed by atoms with van der Waals surface area (Å²) in [6, 6.07) is 5.16. The fraction of sp³-hybridized carbons (Fsp3) is 0.231. The van der Waals surface area contributed by atoms with Gasteiger partial charge in [-0.3, -0.25) is 4.79 Å². The second-order valence-electron chi connectivity index (χ2n) is 3.72. The molecule has 0 amide bonds. The molecular weight excluding hydrogens is 236 g/mol. The molecule has 0 saturated heterocycles. The molecule has 94 valence electrons. The van der Waals surface area contributed by atoms with Gasteiger partial charge in [0.1, 0.15) is 5.57 Å². The molecule has 0 atom stereocenters. The summed E-state index contributed by atoms with van der Waals surface area (Å²) >= 11 is 0. The molecule has 18 heavy (non-hydrogen) atoms. The first-order valence-corrected chi connectivity index (χ1v) is 5.32. The Morgan fingerprint density at radius 2 is 2.00 bits per heavy atom. The number of ether oxygens (including phenoxy) is 3. The van der Waals surface area contributed by atoms with Crippen LogP contribution in [0.3, 0.4) is 0 Å². The summed E-state index contributed by atoms with van der Waals surface area (Å²) in [6.07, 6.45) is 1.47. The summed E-state index contributed by atoms with van der Waals surface area (Å²) in [7, 11) is 1.23. The second kappa shape index (κ2) is 4.91. The van der Waals surface area contributed by atoms with Gasteiger partial charge in [-0.05, 0) is 30.7 Å². The van der Waals surface area contributed by atoms with Crippen molar-refractivity contribution in [2.24, 2.45) is 0 Å². The molecule has 2 rings (SSSR count). The van der Waals surface area contributed by atoms with E-state index in [9.17, 15) is 9.59 Å². The molecule has 0 radical (unpaired) electrons. The minimum Gasteiger partial charge on any atom is -0.465 e. The zero-order chi connectivity index (χ0) is 13.1. The maximum atomic E-state index is 11.4. The number of carbonyl (C=O) groups is 2. The molecule has 0 bridgehead atoms. The SMILES string of the molecule is COC(=O)/C(=C/c1ccc2c(c1)OCO2)C(C)=O. The third kappa shape index (κ3) is 2.34. The Morgan fingerprint density at radius 3 is 2.67 bits per heavy atom. The van der Waals surface area contributed by atoms with Gasteiger partial charge in [0.25, 0.3) is 0 Å². The number of ketones is 1. The minimum atomic E-state index is -0.653. The number of fused-ring (bicyclic) bond motifs is 1. The molecule has 5 heteroatoms. The highest BCUT2D eigenvalue weighted by molar-refractivity contribution is 6.19. The number of hydrogen-bond donors (Lipinski definition) is 0. The highest BCUT2D eigenvalue weighted by atomic mass is 16.7. The number of carbonyl (C=O) groups excluding carboxylic acids is 2. The molecule has 1 aromatic rings. The Bertz CT molecular complexity index is 530. The van der Waals surface area contributed by atoms with E-state index >= 15 is 0 Å². The molecule has 0 aromatic heterocycles. The molecule has 5 nitrogen and oxygen atoms in total. The summed E-state index contributed by atoms with van der Waals surface area (Å²) in [5, 5.41) is 0. The van der Waals surface area contributed by atoms with E-state index in [1.54, 1.807) is 18.2 Å². The van der Waals surface area contributed by atoms with E-state index in [0.29, 0.717) is 17.1 Å². The lowest BCUT2D eigenvalue weighted by Crippen LogP contribution is -2.11. The van der Waals surface area contributed by atoms with Crippen LogP contribution in [0.2, 0.25) is 0 Å². The quantitative estimate of drug-likeness (QED) is 0.351. The Labute approximate surface area is 104 Å². The lowest BCUT2D eigenvalue weighted by molar-refractivity contribution is -0.137. The van der Waals surface area contributed by atoms with E-state index in [2.05, 4.69) is 4.74 Å². The number of Topliss-reactive ketones (excluding diaryl/α,β-unsaturated/α-hetero) is 1. The summed E-state index contributed by atoms with van der Waals surface area (Å²) in [6.45, 7) is 1.49. The number of esters is 1. The Hall–Kier alpha value is -2.30. The Morgan fingerprint density at radius 1 is 1.28 bits per heavy atom. The van der Waals surface area contributed by atoms with Crippen LogP contribution in [0.15, 0.2) is 23.8 Å². The number of rotatable bonds is 3. The van der Waals surface area contributed by atoms with Gasteiger partial charge in [-0.1, -0.05) is 6.07 Å². The molecule has 1 aromatic carbocycles. The average molecular weight is 248 g/mol. The van der Waals surface area contributed by atoms with Gasteiger partial charge in [-0.15, -0.1) is 0 Å². The van der Waals surface area contributed by atoms with Crippen LogP contribution in [0.1, 0.15) is 12.5 Å². The average Bonchev–Trinajstić information content (AvgIpc) is 2.82. The second-order valence-corrected chi connectivity index (χ2v) is 3.72. The Balaban J connectivity index is 2.35. The van der Waals surface area contributed by atoms with Crippen molar-refractivity contribution in [3.63, 3.8) is 0 Å². The van der Waals surface area contributed by atoms with Crippen LogP contribution >= 0.6 is 0 Å². The van der Waals surface area contributed by atoms with Gasteiger partial charge in [0.2, 0.25) is 6.79 Å². The molecule has 1 heterocycles. The maximum Gasteiger partial charge on any atom is 0.341 e. The van der Waals surface area contributed by atoms with Crippen LogP contribution < -0.4 is 9.47 Å². The minimum absolute atomic E-state index is 0.00337. The molecular formula is C13H12O5. The van der Waals surface area contributed by atoms with Crippen molar-refractivity contribution in [2.45, 2.75) is 6.92 Å². The lowest BCUT2D eigenvalue weighted by Gasteiger charge is -2.02. The number of methoxy groups -OCH3 is 1. The van der Waals surface area contributed by atoms with Gasteiger partial charge in [-0.2, -0.15) is 0 Å². The number of benzene rings is 1. The molecule has 0 fully saturated rings. The first kappa shape index (κ1) is 12.2. The molecule has 1 aliphatic heterocycles. The Kier molecular flexibility index (Phi) is 3.32. The van der Waals surface area contributed by atoms with Crippen molar-refractivity contribution >= 4 is 17.8 Å². The molecule has 0 spiro atoms. The van der Waals surface area contributed by atoms with Crippen LogP contribution in [0.25, 0.3) is 6.08 Å². The highest BCUT2D eigenvalue weighted by Crippen LogP contribution is 2.33. The van der Waals surface area contributed by atoms with E-state index < -0.39 is 5.97 Å². The third-order valence-electron chi connectivity index (χ3n) is 2.49. The van der Waals surface area contributed by atoms with E-state index in [0.717, 1.165) is 0 Å². The maximum absolute atomic E-state index is 11.4. The van der Waals surface area contributed by atoms with Crippen molar-refractivity contribution in [2.75, 3.05) is 13.9 Å². The molecule has 0 aliphatic carbocycles. The number of hydrogen-bond acceptors (Lipinski definition) is 5. The van der Waals surface area contributed by atoms with Gasteiger partial charge in [0.15, 0.2) is 17.3 Å². The predicted octanol–water partition coefficient (Wildman–Crippen LogP) is 1.56. The van der Waals surface area contributed by atoms with Crippen LogP contribution in [0.5, 0.6) is 11.5 Å². The van der Waals surface area contributed by atoms with E-state index in [1.165, 1.54) is 20.1 Å². The van der Waals surface area contributed by atoms with Crippen molar-refractivity contribution in [3.8, 4) is 11.5 Å². The standard InChI is InChI=1S/C13H12O5/c1-8(14)10(13(15)16-2)5-9-3-4-11-12(6-9)18-7-17-11/h3-6H,7H2,1-2H3/b10-5+. The van der Waals surface area contributed by atoms with Crippen LogP contribution in [-0.2, 0) is 14.3 Å². The topological polar surface area (TPSA) is 61.8 Å². The summed E-state index contributed by atoms with van der Waals surface area (Å²) in [5.74, 6) is 0.241. The highest BCUT2D eigenvalue weighted by Gasteiger charge is 2.17. The normalized spacial score (nSPS) is 13.3. The fourth-order valence-corrected chi connectivity index (χ4v) is 1.58. The first-order valence-electron chi connectivity index (χ1n) is 5.32. The van der Waals surface area contributed by atoms with Crippen LogP contribution in [-0.4, -0.2) is 25.7 Å². The fourth-order valence-electron chi connectivity index (χ4n) is 1.58. The zero-order valence-electron chi connectivity index (χ0n) is 10.1. The largest absolute Gasteiger partial charge is 0.465 e. The molecule has 0 unspecified atom stereocenters. The first-order chi connectivity index (χ1) is 8.61. The van der Waals surface area contributed by atoms with Crippen molar-refractivity contribution in [3.05, 3.63) is 29.3 Å². The smallest absolute Gasteiger partial charge is 0.341 e. The zero-order valence-corrected chi connectivity index (χ0v) is 10.1. The third-order valence-corrected chi connectivity index (χ3v) is 2.49. The van der Waals surface area contributed by atoms with Gasteiger partial charge in [-0.25, -0.2) is 4.79 Å². The van der Waals surface area contributed by atoms with Gasteiger partial charge >= 0.3 is 5.97 Å². The van der Waals surface area contributed by atoms with E-state index in [4.69, 9.17) is 9.47 Å². The van der Waals surface area contributed by atoms with Gasteiger partial charge < -0.3 is 14.2 Å². The van der Waals surface area contributed by atoms with Crippen molar-refractivity contribution in [1.29, 1.82) is 0 Å². The lowest BCUT2D eigenvalue weighted by atomic mass is 10.1. The summed E-state index contributed by atoms with van der Waals surface area (Å²) in [5.41, 5.74) is 0.672. The molecule has 1 aliphatic rings. The van der Waals surface area contributed by atoms with E-state index in [1.807, 2.05) is 0 Å². The van der Waals surface area contributed by atoms with Crippen molar-refractivity contribution < 1.29 is 23.8 Å².